The molecule has 0 saturated heterocycles. The van der Waals surface area contributed by atoms with Gasteiger partial charge >= 0.3 is 5.97 Å². The maximum atomic E-state index is 14.4. The van der Waals surface area contributed by atoms with Crippen molar-refractivity contribution in [2.75, 3.05) is 5.32 Å². The number of allylic oxidation sites excluding steroid dienone is 2. The largest absolute Gasteiger partial charge is 0.481 e. The Hall–Kier alpha value is -3.81. The molecule has 0 aliphatic heterocycles. The van der Waals surface area contributed by atoms with Gasteiger partial charge < -0.3 is 10.4 Å². The van der Waals surface area contributed by atoms with E-state index in [1.54, 1.807) is 36.4 Å². The van der Waals surface area contributed by atoms with Crippen molar-refractivity contribution in [3.8, 4) is 0 Å². The zero-order valence-electron chi connectivity index (χ0n) is 18.3. The maximum absolute atomic E-state index is 14.4. The summed E-state index contributed by atoms with van der Waals surface area (Å²) in [6.07, 6.45) is 5.73. The Morgan fingerprint density at radius 2 is 1.94 bits per heavy atom. The summed E-state index contributed by atoms with van der Waals surface area (Å²) in [5, 5.41) is 19.7. The average Bonchev–Trinajstić information content (AvgIpc) is 2.80. The van der Waals surface area contributed by atoms with E-state index < -0.39 is 23.6 Å². The monoisotopic (exact) mass is 451 g/mol. The summed E-state index contributed by atoms with van der Waals surface area (Å²) in [7, 11) is 0. The van der Waals surface area contributed by atoms with Crippen LogP contribution in [-0.2, 0) is 16.0 Å². The number of fused-ring (bicyclic) bond motifs is 1. The average molecular weight is 451 g/mol. The number of aliphatic carboxylic acids is 1. The number of rotatable bonds is 10. The second-order valence-corrected chi connectivity index (χ2v) is 7.82. The molecule has 1 amide bonds. The number of carbonyl (C=O) groups excluding carboxylic acids is 1. The summed E-state index contributed by atoms with van der Waals surface area (Å²) in [5.74, 6) is -3.16. The molecule has 7 nitrogen and oxygen atoms in total. The highest BCUT2D eigenvalue weighted by atomic mass is 19.1. The van der Waals surface area contributed by atoms with Crippen LogP contribution in [0.15, 0.2) is 59.4 Å². The molecule has 0 radical (unpaired) electrons. The van der Waals surface area contributed by atoms with Crippen LogP contribution in [0.2, 0.25) is 0 Å². The lowest BCUT2D eigenvalue weighted by Crippen LogP contribution is -2.22. The second-order valence-electron chi connectivity index (χ2n) is 7.82. The van der Waals surface area contributed by atoms with Crippen LogP contribution in [0.3, 0.4) is 0 Å². The summed E-state index contributed by atoms with van der Waals surface area (Å²) in [6.45, 7) is 2.02. The first-order chi connectivity index (χ1) is 15.9. The standard InChI is InChI=1S/C25H26FN3O4/c1-2-3-4-5-8-17(25(32)33)15-23(30)27-22-14-16(11-12-20(22)26)13-21-18-9-6-7-10-19(18)24(31)29-28-21/h4-7,9-12,14,17H,2-3,8,13,15H2,1H3,(H,27,30)(H,29,31)(H,32,33). The quantitative estimate of drug-likeness (QED) is 0.395. The van der Waals surface area contributed by atoms with Crippen molar-refractivity contribution in [2.45, 2.75) is 39.0 Å². The molecule has 172 valence electrons. The molecule has 0 aliphatic rings. The highest BCUT2D eigenvalue weighted by molar-refractivity contribution is 5.93. The van der Waals surface area contributed by atoms with Crippen LogP contribution < -0.4 is 10.9 Å². The number of aromatic nitrogens is 2. The van der Waals surface area contributed by atoms with Crippen molar-refractivity contribution in [2.24, 2.45) is 5.92 Å². The van der Waals surface area contributed by atoms with Crippen LogP contribution in [0.5, 0.6) is 0 Å². The molecule has 33 heavy (non-hydrogen) atoms. The van der Waals surface area contributed by atoms with E-state index in [0.717, 1.165) is 12.8 Å². The van der Waals surface area contributed by atoms with Crippen molar-refractivity contribution in [1.29, 1.82) is 0 Å². The molecule has 0 bridgehead atoms. The van der Waals surface area contributed by atoms with Crippen LogP contribution in [-0.4, -0.2) is 27.2 Å². The third-order valence-corrected chi connectivity index (χ3v) is 5.28. The van der Waals surface area contributed by atoms with E-state index >= 15 is 0 Å². The minimum Gasteiger partial charge on any atom is -0.481 e. The van der Waals surface area contributed by atoms with Gasteiger partial charge in [0.1, 0.15) is 5.82 Å². The predicted molar refractivity (Wildman–Crippen MR) is 125 cm³/mol. The van der Waals surface area contributed by atoms with E-state index in [1.807, 2.05) is 13.0 Å². The van der Waals surface area contributed by atoms with E-state index in [0.29, 0.717) is 28.5 Å². The molecule has 1 atom stereocenters. The second kappa shape index (κ2) is 11.2. The molecule has 0 fully saturated rings. The van der Waals surface area contributed by atoms with E-state index in [2.05, 4.69) is 15.5 Å². The highest BCUT2D eigenvalue weighted by Gasteiger charge is 2.21. The number of aromatic amines is 1. The molecule has 0 spiro atoms. The molecule has 3 aromatic rings. The number of carbonyl (C=O) groups is 2. The Morgan fingerprint density at radius 3 is 2.67 bits per heavy atom. The Balaban J connectivity index is 1.74. The van der Waals surface area contributed by atoms with Gasteiger partial charge in [0.15, 0.2) is 0 Å². The van der Waals surface area contributed by atoms with Gasteiger partial charge in [0.2, 0.25) is 5.91 Å². The molecule has 2 aromatic carbocycles. The summed E-state index contributed by atoms with van der Waals surface area (Å²) in [4.78, 5) is 35.9. The number of nitrogens with zero attached hydrogens (tertiary/aromatic N) is 1. The van der Waals surface area contributed by atoms with E-state index in [1.165, 1.54) is 12.1 Å². The van der Waals surface area contributed by atoms with Gasteiger partial charge in [0.05, 0.1) is 22.7 Å². The highest BCUT2D eigenvalue weighted by Crippen LogP contribution is 2.22. The van der Waals surface area contributed by atoms with Gasteiger partial charge in [-0.3, -0.25) is 14.4 Å². The fourth-order valence-electron chi connectivity index (χ4n) is 3.52. The molecular weight excluding hydrogens is 425 g/mol. The van der Waals surface area contributed by atoms with Gasteiger partial charge in [-0.1, -0.05) is 49.8 Å². The summed E-state index contributed by atoms with van der Waals surface area (Å²) >= 11 is 0. The summed E-state index contributed by atoms with van der Waals surface area (Å²) in [5.41, 5.74) is 0.961. The number of amides is 1. The number of unbranched alkanes of at least 4 members (excludes halogenated alkanes) is 1. The molecule has 1 unspecified atom stereocenters. The third kappa shape index (κ3) is 6.35. The van der Waals surface area contributed by atoms with Gasteiger partial charge in [0.25, 0.3) is 5.56 Å². The normalized spacial score (nSPS) is 12.2. The summed E-state index contributed by atoms with van der Waals surface area (Å²) in [6, 6.07) is 11.4. The lowest BCUT2D eigenvalue weighted by molar-refractivity contribution is -0.143. The SMILES string of the molecule is CCCC=CCC(CC(=O)Nc1cc(Cc2n[nH]c(=O)c3ccccc23)ccc1F)C(=O)O. The first kappa shape index (κ1) is 23.8. The van der Waals surface area contributed by atoms with E-state index in [4.69, 9.17) is 0 Å². The first-order valence-electron chi connectivity index (χ1n) is 10.8. The van der Waals surface area contributed by atoms with Gasteiger partial charge in [-0.05, 0) is 36.6 Å². The van der Waals surface area contributed by atoms with Crippen LogP contribution in [0.4, 0.5) is 10.1 Å². The zero-order valence-corrected chi connectivity index (χ0v) is 18.3. The number of anilines is 1. The molecule has 1 aromatic heterocycles. The van der Waals surface area contributed by atoms with Gasteiger partial charge in [-0.25, -0.2) is 9.49 Å². The Kier molecular flexibility index (Phi) is 8.07. The van der Waals surface area contributed by atoms with Crippen molar-refractivity contribution >= 4 is 28.3 Å². The van der Waals surface area contributed by atoms with Gasteiger partial charge in [0, 0.05) is 18.2 Å². The first-order valence-corrected chi connectivity index (χ1v) is 10.8. The zero-order chi connectivity index (χ0) is 23.8. The molecule has 8 heteroatoms. The lowest BCUT2D eigenvalue weighted by atomic mass is 10.00. The fourth-order valence-corrected chi connectivity index (χ4v) is 3.52. The summed E-state index contributed by atoms with van der Waals surface area (Å²) < 4.78 is 14.4. The minimum absolute atomic E-state index is 0.0307. The van der Waals surface area contributed by atoms with Crippen LogP contribution in [0.25, 0.3) is 10.8 Å². The van der Waals surface area contributed by atoms with Crippen molar-refractivity contribution in [3.05, 3.63) is 82.0 Å². The molecule has 3 N–H and O–H groups in total. The maximum Gasteiger partial charge on any atom is 0.307 e. The van der Waals surface area contributed by atoms with Crippen molar-refractivity contribution in [3.63, 3.8) is 0 Å². The number of halogens is 1. The van der Waals surface area contributed by atoms with E-state index in [9.17, 15) is 23.9 Å². The minimum atomic E-state index is -1.07. The molecule has 3 rings (SSSR count). The third-order valence-electron chi connectivity index (χ3n) is 5.28. The topological polar surface area (TPSA) is 112 Å². The Bertz CT molecular complexity index is 1240. The number of carboxylic acids is 1. The van der Waals surface area contributed by atoms with Gasteiger partial charge in [-0.2, -0.15) is 5.10 Å². The predicted octanol–water partition coefficient (Wildman–Crippen LogP) is 4.43. The number of carboxylic acid groups (broad SMARTS) is 1. The Labute approximate surface area is 190 Å². The smallest absolute Gasteiger partial charge is 0.307 e. The van der Waals surface area contributed by atoms with Crippen molar-refractivity contribution in [1.82, 2.24) is 10.2 Å². The van der Waals surface area contributed by atoms with Crippen LogP contribution >= 0.6 is 0 Å². The molecule has 0 saturated carbocycles. The number of benzene rings is 2. The Morgan fingerprint density at radius 1 is 1.18 bits per heavy atom. The number of hydrogen-bond acceptors (Lipinski definition) is 4. The number of nitrogens with one attached hydrogen (secondary N) is 2. The number of hydrogen-bond donors (Lipinski definition) is 3. The fraction of sp³-hybridized carbons (Fsp3) is 0.280. The van der Waals surface area contributed by atoms with Crippen LogP contribution in [0, 0.1) is 11.7 Å². The van der Waals surface area contributed by atoms with Crippen molar-refractivity contribution < 1.29 is 19.1 Å². The van der Waals surface area contributed by atoms with Crippen LogP contribution in [0.1, 0.15) is 43.9 Å². The van der Waals surface area contributed by atoms with Gasteiger partial charge in [-0.15, -0.1) is 0 Å². The number of H-pyrrole nitrogens is 1. The molecular formula is C25H26FN3O4. The lowest BCUT2D eigenvalue weighted by Gasteiger charge is -2.12. The van der Waals surface area contributed by atoms with E-state index in [-0.39, 0.29) is 24.1 Å². The molecule has 0 aliphatic carbocycles. The molecule has 1 heterocycles.